The summed E-state index contributed by atoms with van der Waals surface area (Å²) in [5.74, 6) is -0.239. The summed E-state index contributed by atoms with van der Waals surface area (Å²) in [6.07, 6.45) is 1.38. The third-order valence-electron chi connectivity index (χ3n) is 2.83. The molecule has 1 heterocycles. The zero-order chi connectivity index (χ0) is 15.6. The fourth-order valence-electron chi connectivity index (χ4n) is 1.76. The Hall–Kier alpha value is -1.000. The van der Waals surface area contributed by atoms with Crippen LogP contribution in [-0.4, -0.2) is 22.8 Å². The number of benzene rings is 1. The molecule has 0 aliphatic rings. The van der Waals surface area contributed by atoms with Crippen LogP contribution < -0.4 is 0 Å². The molecular formula is C14H10Cl4N2O. The number of carbonyl (C=O) groups is 1. The molecule has 7 heteroatoms. The predicted molar refractivity (Wildman–Crippen MR) is 86.5 cm³/mol. The standard InChI is InChI=1S/C14H10Cl4N2O/c1-20(7-8-3-2-4-10(15)12(8)17)14(21)9-5-11(16)13(18)19-6-9/h2-6H,7H2,1H3. The van der Waals surface area contributed by atoms with Crippen LogP contribution in [0.15, 0.2) is 30.5 Å². The molecule has 1 aromatic carbocycles. The summed E-state index contributed by atoms with van der Waals surface area (Å²) >= 11 is 23.7. The maximum Gasteiger partial charge on any atom is 0.255 e. The molecule has 0 bridgehead atoms. The average molecular weight is 364 g/mol. The van der Waals surface area contributed by atoms with E-state index < -0.39 is 0 Å². The van der Waals surface area contributed by atoms with E-state index in [0.29, 0.717) is 22.2 Å². The minimum atomic E-state index is -0.239. The second-order valence-corrected chi connectivity index (χ2v) is 5.92. The van der Waals surface area contributed by atoms with Gasteiger partial charge in [-0.15, -0.1) is 0 Å². The Morgan fingerprint density at radius 2 is 1.90 bits per heavy atom. The lowest BCUT2D eigenvalue weighted by Crippen LogP contribution is -2.26. The molecule has 0 N–H and O–H groups in total. The van der Waals surface area contributed by atoms with Gasteiger partial charge in [-0.2, -0.15) is 0 Å². The van der Waals surface area contributed by atoms with E-state index in [2.05, 4.69) is 4.98 Å². The normalized spacial score (nSPS) is 10.5. The van der Waals surface area contributed by atoms with Crippen molar-refractivity contribution in [3.8, 4) is 0 Å². The highest BCUT2D eigenvalue weighted by Crippen LogP contribution is 2.27. The highest BCUT2D eigenvalue weighted by atomic mass is 35.5. The van der Waals surface area contributed by atoms with Crippen LogP contribution in [0, 0.1) is 0 Å². The zero-order valence-corrected chi connectivity index (χ0v) is 13.9. The van der Waals surface area contributed by atoms with Gasteiger partial charge in [0.15, 0.2) is 0 Å². The van der Waals surface area contributed by atoms with Gasteiger partial charge < -0.3 is 4.90 Å². The van der Waals surface area contributed by atoms with Crippen molar-refractivity contribution in [3.63, 3.8) is 0 Å². The molecule has 0 radical (unpaired) electrons. The maximum atomic E-state index is 12.3. The van der Waals surface area contributed by atoms with E-state index in [1.807, 2.05) is 6.07 Å². The molecule has 0 atom stereocenters. The highest BCUT2D eigenvalue weighted by Gasteiger charge is 2.16. The van der Waals surface area contributed by atoms with Gasteiger partial charge in [0.05, 0.1) is 20.6 Å². The summed E-state index contributed by atoms with van der Waals surface area (Å²) in [5, 5.41) is 1.28. The second-order valence-electron chi connectivity index (χ2n) is 4.37. The molecule has 2 rings (SSSR count). The van der Waals surface area contributed by atoms with E-state index in [9.17, 15) is 4.79 Å². The monoisotopic (exact) mass is 362 g/mol. The van der Waals surface area contributed by atoms with E-state index >= 15 is 0 Å². The third-order valence-corrected chi connectivity index (χ3v) is 4.37. The van der Waals surface area contributed by atoms with Crippen LogP contribution >= 0.6 is 46.4 Å². The predicted octanol–water partition coefficient (Wildman–Crippen LogP) is 4.97. The largest absolute Gasteiger partial charge is 0.337 e. The van der Waals surface area contributed by atoms with Gasteiger partial charge in [-0.05, 0) is 17.7 Å². The SMILES string of the molecule is CN(Cc1cccc(Cl)c1Cl)C(=O)c1cnc(Cl)c(Cl)c1. The first kappa shape index (κ1) is 16.4. The number of amides is 1. The molecule has 21 heavy (non-hydrogen) atoms. The molecule has 1 aromatic heterocycles. The van der Waals surface area contributed by atoms with E-state index in [1.54, 1.807) is 19.2 Å². The Morgan fingerprint density at radius 3 is 2.57 bits per heavy atom. The molecule has 0 saturated carbocycles. The summed E-state index contributed by atoms with van der Waals surface area (Å²) in [4.78, 5) is 17.7. The van der Waals surface area contributed by atoms with Crippen LogP contribution in [0.25, 0.3) is 0 Å². The number of aromatic nitrogens is 1. The van der Waals surface area contributed by atoms with E-state index in [1.165, 1.54) is 17.2 Å². The number of nitrogens with zero attached hydrogens (tertiary/aromatic N) is 2. The Morgan fingerprint density at radius 1 is 1.19 bits per heavy atom. The summed E-state index contributed by atoms with van der Waals surface area (Å²) in [7, 11) is 1.65. The van der Waals surface area contributed by atoms with Gasteiger partial charge in [0.1, 0.15) is 5.15 Å². The molecule has 1 amide bonds. The summed E-state index contributed by atoms with van der Waals surface area (Å²) in [5.41, 5.74) is 1.11. The molecule has 0 spiro atoms. The maximum absolute atomic E-state index is 12.3. The fourth-order valence-corrected chi connectivity index (χ4v) is 2.41. The summed E-state index contributed by atoms with van der Waals surface area (Å²) in [6.45, 7) is 0.318. The second kappa shape index (κ2) is 6.84. The minimum Gasteiger partial charge on any atom is -0.337 e. The average Bonchev–Trinajstić information content (AvgIpc) is 2.46. The van der Waals surface area contributed by atoms with Gasteiger partial charge in [-0.3, -0.25) is 4.79 Å². The van der Waals surface area contributed by atoms with Crippen molar-refractivity contribution in [3.05, 3.63) is 61.8 Å². The van der Waals surface area contributed by atoms with Gasteiger partial charge in [-0.25, -0.2) is 4.98 Å². The molecule has 110 valence electrons. The van der Waals surface area contributed by atoms with Crippen LogP contribution in [0.5, 0.6) is 0 Å². The number of pyridine rings is 1. The van der Waals surface area contributed by atoms with E-state index in [0.717, 1.165) is 5.56 Å². The van der Waals surface area contributed by atoms with Crippen molar-refractivity contribution in [2.45, 2.75) is 6.54 Å². The third kappa shape index (κ3) is 3.80. The lowest BCUT2D eigenvalue weighted by Gasteiger charge is -2.18. The van der Waals surface area contributed by atoms with E-state index in [4.69, 9.17) is 46.4 Å². The summed E-state index contributed by atoms with van der Waals surface area (Å²) in [6, 6.07) is 6.76. The Labute approximate surface area is 142 Å². The number of rotatable bonds is 3. The number of hydrogen-bond donors (Lipinski definition) is 0. The van der Waals surface area contributed by atoms with Crippen LogP contribution in [0.1, 0.15) is 15.9 Å². The molecular weight excluding hydrogens is 354 g/mol. The van der Waals surface area contributed by atoms with Crippen LogP contribution in [-0.2, 0) is 6.54 Å². The van der Waals surface area contributed by atoms with Crippen molar-refractivity contribution in [2.24, 2.45) is 0 Å². The Balaban J connectivity index is 2.19. The summed E-state index contributed by atoms with van der Waals surface area (Å²) < 4.78 is 0. The molecule has 0 saturated heterocycles. The fraction of sp³-hybridized carbons (Fsp3) is 0.143. The molecule has 0 aliphatic carbocycles. The highest BCUT2D eigenvalue weighted by molar-refractivity contribution is 6.42. The Kier molecular flexibility index (Phi) is 5.33. The molecule has 0 aliphatic heterocycles. The topological polar surface area (TPSA) is 33.2 Å². The number of carbonyl (C=O) groups excluding carboxylic acids is 1. The minimum absolute atomic E-state index is 0.161. The molecule has 0 unspecified atom stereocenters. The van der Waals surface area contributed by atoms with Crippen molar-refractivity contribution < 1.29 is 4.79 Å². The number of halogens is 4. The van der Waals surface area contributed by atoms with Gasteiger partial charge in [-0.1, -0.05) is 58.5 Å². The van der Waals surface area contributed by atoms with Crippen molar-refractivity contribution in [2.75, 3.05) is 7.05 Å². The lowest BCUT2D eigenvalue weighted by molar-refractivity contribution is 0.0785. The molecule has 0 fully saturated rings. The molecule has 2 aromatic rings. The van der Waals surface area contributed by atoms with E-state index in [-0.39, 0.29) is 16.1 Å². The quantitative estimate of drug-likeness (QED) is 0.721. The lowest BCUT2D eigenvalue weighted by atomic mass is 10.2. The first-order valence-electron chi connectivity index (χ1n) is 5.89. The van der Waals surface area contributed by atoms with Crippen molar-refractivity contribution >= 4 is 52.3 Å². The molecule has 3 nitrogen and oxygen atoms in total. The van der Waals surface area contributed by atoms with Crippen LogP contribution in [0.2, 0.25) is 20.2 Å². The number of hydrogen-bond acceptors (Lipinski definition) is 2. The van der Waals surface area contributed by atoms with Crippen molar-refractivity contribution in [1.29, 1.82) is 0 Å². The van der Waals surface area contributed by atoms with Crippen molar-refractivity contribution in [1.82, 2.24) is 9.88 Å². The van der Waals surface area contributed by atoms with Gasteiger partial charge in [0, 0.05) is 19.8 Å². The first-order valence-corrected chi connectivity index (χ1v) is 7.40. The van der Waals surface area contributed by atoms with Gasteiger partial charge >= 0.3 is 0 Å². The smallest absolute Gasteiger partial charge is 0.255 e. The van der Waals surface area contributed by atoms with Crippen LogP contribution in [0.4, 0.5) is 0 Å². The van der Waals surface area contributed by atoms with Gasteiger partial charge in [0.25, 0.3) is 5.91 Å². The van der Waals surface area contributed by atoms with Gasteiger partial charge in [0.2, 0.25) is 0 Å². The van der Waals surface area contributed by atoms with Crippen LogP contribution in [0.3, 0.4) is 0 Å². The Bertz CT molecular complexity index is 691. The zero-order valence-electron chi connectivity index (χ0n) is 10.9. The first-order chi connectivity index (χ1) is 9.90.